The SMILES string of the molecule is CCCCOC(=O)c1ccccc1NC(=O)c1c2c(nc3ccc(Cl)cc13)CCC2. The molecule has 0 fully saturated rings. The average molecular weight is 423 g/mol. The van der Waals surface area contributed by atoms with Crippen molar-refractivity contribution in [1.29, 1.82) is 0 Å². The van der Waals surface area contributed by atoms with Crippen LogP contribution in [0.5, 0.6) is 0 Å². The minimum absolute atomic E-state index is 0.267. The highest BCUT2D eigenvalue weighted by molar-refractivity contribution is 6.31. The summed E-state index contributed by atoms with van der Waals surface area (Å²) < 4.78 is 5.34. The molecule has 0 spiro atoms. The Morgan fingerprint density at radius 1 is 1.17 bits per heavy atom. The highest BCUT2D eigenvalue weighted by Gasteiger charge is 2.25. The lowest BCUT2D eigenvalue weighted by Gasteiger charge is -2.15. The van der Waals surface area contributed by atoms with E-state index in [1.807, 2.05) is 13.0 Å². The first kappa shape index (κ1) is 20.4. The lowest BCUT2D eigenvalue weighted by molar-refractivity contribution is 0.0501. The number of unbranched alkanes of at least 4 members (excludes halogenated alkanes) is 1. The second-order valence-electron chi connectivity index (χ2n) is 7.42. The van der Waals surface area contributed by atoms with E-state index in [1.165, 1.54) is 0 Å². The van der Waals surface area contributed by atoms with Gasteiger partial charge >= 0.3 is 5.97 Å². The van der Waals surface area contributed by atoms with Crippen LogP contribution in [0.2, 0.25) is 5.02 Å². The third-order valence-corrected chi connectivity index (χ3v) is 5.56. The van der Waals surface area contributed by atoms with Crippen molar-refractivity contribution in [3.05, 3.63) is 69.9 Å². The number of hydrogen-bond acceptors (Lipinski definition) is 4. The predicted octanol–water partition coefficient (Wildman–Crippen LogP) is 5.59. The van der Waals surface area contributed by atoms with Crippen molar-refractivity contribution < 1.29 is 14.3 Å². The van der Waals surface area contributed by atoms with Gasteiger partial charge in [-0.2, -0.15) is 0 Å². The molecule has 1 aliphatic rings. The monoisotopic (exact) mass is 422 g/mol. The van der Waals surface area contributed by atoms with E-state index in [-0.39, 0.29) is 5.91 Å². The fraction of sp³-hybridized carbons (Fsp3) is 0.292. The number of carbonyl (C=O) groups excluding carboxylic acids is 2. The molecule has 1 N–H and O–H groups in total. The molecule has 4 rings (SSSR count). The van der Waals surface area contributed by atoms with E-state index in [1.54, 1.807) is 36.4 Å². The fourth-order valence-electron chi connectivity index (χ4n) is 3.84. The number of rotatable bonds is 6. The molecule has 1 amide bonds. The van der Waals surface area contributed by atoms with Crippen molar-refractivity contribution in [2.75, 3.05) is 11.9 Å². The van der Waals surface area contributed by atoms with Crippen LogP contribution in [-0.4, -0.2) is 23.5 Å². The lowest BCUT2D eigenvalue weighted by Crippen LogP contribution is -2.18. The number of aromatic nitrogens is 1. The van der Waals surface area contributed by atoms with Crippen LogP contribution < -0.4 is 5.32 Å². The van der Waals surface area contributed by atoms with Crippen LogP contribution >= 0.6 is 11.6 Å². The second kappa shape index (κ2) is 8.84. The van der Waals surface area contributed by atoms with E-state index >= 15 is 0 Å². The Hall–Kier alpha value is -2.92. The molecule has 1 aliphatic carbocycles. The molecular formula is C24H23ClN2O3. The summed E-state index contributed by atoms with van der Waals surface area (Å²) in [7, 11) is 0. The number of para-hydroxylation sites is 1. The summed E-state index contributed by atoms with van der Waals surface area (Å²) in [5.41, 5.74) is 4.03. The number of pyridine rings is 1. The third kappa shape index (κ3) is 4.03. The molecule has 154 valence electrons. The Morgan fingerprint density at radius 3 is 2.83 bits per heavy atom. The molecular weight excluding hydrogens is 400 g/mol. The van der Waals surface area contributed by atoms with Crippen molar-refractivity contribution in [2.24, 2.45) is 0 Å². The number of benzene rings is 2. The topological polar surface area (TPSA) is 68.3 Å². The third-order valence-electron chi connectivity index (χ3n) is 5.33. The molecule has 5 nitrogen and oxygen atoms in total. The van der Waals surface area contributed by atoms with Gasteiger partial charge in [0.25, 0.3) is 5.91 Å². The highest BCUT2D eigenvalue weighted by Crippen LogP contribution is 2.32. The molecule has 3 aromatic rings. The maximum atomic E-state index is 13.4. The average Bonchev–Trinajstić information content (AvgIpc) is 3.20. The molecule has 0 radical (unpaired) electrons. The largest absolute Gasteiger partial charge is 0.462 e. The Morgan fingerprint density at radius 2 is 2.00 bits per heavy atom. The van der Waals surface area contributed by atoms with Crippen LogP contribution in [0.4, 0.5) is 5.69 Å². The van der Waals surface area contributed by atoms with Crippen LogP contribution in [0.1, 0.15) is 58.2 Å². The highest BCUT2D eigenvalue weighted by atomic mass is 35.5. The molecule has 0 atom stereocenters. The van der Waals surface area contributed by atoms with Crippen molar-refractivity contribution in [2.45, 2.75) is 39.0 Å². The fourth-order valence-corrected chi connectivity index (χ4v) is 4.01. The van der Waals surface area contributed by atoms with Gasteiger partial charge in [0.15, 0.2) is 0 Å². The zero-order valence-electron chi connectivity index (χ0n) is 16.8. The summed E-state index contributed by atoms with van der Waals surface area (Å²) in [4.78, 5) is 30.6. The summed E-state index contributed by atoms with van der Waals surface area (Å²) in [6, 6.07) is 12.3. The standard InChI is InChI=1S/C24H23ClN2O3/c1-2-3-13-30-24(29)17-7-4-5-9-20(17)27-23(28)22-16-8-6-10-19(16)26-21-12-11-15(25)14-18(21)22/h4-5,7,9,11-12,14H,2-3,6,8,10,13H2,1H3,(H,27,28). The number of nitrogens with zero attached hydrogens (tertiary/aromatic N) is 1. The van der Waals surface area contributed by atoms with Crippen LogP contribution in [0, 0.1) is 0 Å². The van der Waals surface area contributed by atoms with E-state index in [4.69, 9.17) is 21.3 Å². The van der Waals surface area contributed by atoms with Crippen LogP contribution in [-0.2, 0) is 17.6 Å². The number of esters is 1. The first-order valence-corrected chi connectivity index (χ1v) is 10.6. The molecule has 2 aromatic carbocycles. The van der Waals surface area contributed by atoms with Crippen LogP contribution in [0.3, 0.4) is 0 Å². The summed E-state index contributed by atoms with van der Waals surface area (Å²) in [5.74, 6) is -0.705. The lowest BCUT2D eigenvalue weighted by atomic mass is 10.00. The molecule has 0 bridgehead atoms. The molecule has 0 unspecified atom stereocenters. The summed E-state index contributed by atoms with van der Waals surface area (Å²) in [6.07, 6.45) is 4.36. The molecule has 0 saturated heterocycles. The molecule has 6 heteroatoms. The van der Waals surface area contributed by atoms with E-state index in [0.717, 1.165) is 54.3 Å². The minimum atomic E-state index is -0.438. The van der Waals surface area contributed by atoms with Crippen molar-refractivity contribution >= 4 is 40.1 Å². The number of anilines is 1. The van der Waals surface area contributed by atoms with Gasteiger partial charge in [-0.15, -0.1) is 0 Å². The molecule has 1 heterocycles. The van der Waals surface area contributed by atoms with Gasteiger partial charge in [0.05, 0.1) is 28.9 Å². The zero-order chi connectivity index (χ0) is 21.1. The first-order valence-electron chi connectivity index (χ1n) is 10.3. The summed E-state index contributed by atoms with van der Waals surface area (Å²) >= 11 is 6.21. The Kier molecular flexibility index (Phi) is 6.00. The van der Waals surface area contributed by atoms with Gasteiger partial charge < -0.3 is 10.1 Å². The van der Waals surface area contributed by atoms with Gasteiger partial charge in [0, 0.05) is 16.1 Å². The van der Waals surface area contributed by atoms with Gasteiger partial charge in [-0.1, -0.05) is 37.1 Å². The Bertz CT molecular complexity index is 1130. The van der Waals surface area contributed by atoms with E-state index in [2.05, 4.69) is 5.32 Å². The number of amides is 1. The maximum absolute atomic E-state index is 13.4. The number of hydrogen-bond donors (Lipinski definition) is 1. The van der Waals surface area contributed by atoms with E-state index in [9.17, 15) is 9.59 Å². The predicted molar refractivity (Wildman–Crippen MR) is 118 cm³/mol. The van der Waals surface area contributed by atoms with Gasteiger partial charge in [0.1, 0.15) is 0 Å². The number of halogens is 1. The molecule has 1 aromatic heterocycles. The van der Waals surface area contributed by atoms with Crippen LogP contribution in [0.15, 0.2) is 42.5 Å². The van der Waals surface area contributed by atoms with E-state index < -0.39 is 5.97 Å². The molecule has 0 saturated carbocycles. The van der Waals surface area contributed by atoms with Gasteiger partial charge in [-0.05, 0) is 61.6 Å². The van der Waals surface area contributed by atoms with Crippen molar-refractivity contribution in [1.82, 2.24) is 4.98 Å². The number of aryl methyl sites for hydroxylation is 1. The van der Waals surface area contributed by atoms with Gasteiger partial charge in [-0.25, -0.2) is 4.79 Å². The van der Waals surface area contributed by atoms with E-state index in [0.29, 0.717) is 28.4 Å². The van der Waals surface area contributed by atoms with Crippen molar-refractivity contribution in [3.63, 3.8) is 0 Å². The smallest absolute Gasteiger partial charge is 0.340 e. The molecule has 0 aliphatic heterocycles. The molecule has 30 heavy (non-hydrogen) atoms. The minimum Gasteiger partial charge on any atom is -0.462 e. The Labute approximate surface area is 180 Å². The van der Waals surface area contributed by atoms with Gasteiger partial charge in [0.2, 0.25) is 0 Å². The Balaban J connectivity index is 1.70. The normalized spacial score (nSPS) is 12.6. The maximum Gasteiger partial charge on any atom is 0.340 e. The first-order chi connectivity index (χ1) is 14.6. The second-order valence-corrected chi connectivity index (χ2v) is 7.85. The number of carbonyl (C=O) groups is 2. The number of nitrogens with one attached hydrogen (secondary N) is 1. The zero-order valence-corrected chi connectivity index (χ0v) is 17.6. The summed E-state index contributed by atoms with van der Waals surface area (Å²) in [6.45, 7) is 2.39. The van der Waals surface area contributed by atoms with Crippen LogP contribution in [0.25, 0.3) is 10.9 Å². The number of ether oxygens (including phenoxy) is 1. The van der Waals surface area contributed by atoms with Crippen molar-refractivity contribution in [3.8, 4) is 0 Å². The summed E-state index contributed by atoms with van der Waals surface area (Å²) in [5, 5.41) is 4.21. The van der Waals surface area contributed by atoms with Gasteiger partial charge in [-0.3, -0.25) is 9.78 Å². The quantitative estimate of drug-likeness (QED) is 0.415. The number of fused-ring (bicyclic) bond motifs is 2.